The number of benzene rings is 1. The molecule has 0 saturated heterocycles. The quantitative estimate of drug-likeness (QED) is 0.815. The third-order valence-electron chi connectivity index (χ3n) is 3.43. The summed E-state index contributed by atoms with van der Waals surface area (Å²) < 4.78 is 18.7. The molecule has 2 amide bonds. The summed E-state index contributed by atoms with van der Waals surface area (Å²) in [6, 6.07) is 7.61. The maximum atomic E-state index is 13.5. The number of thiophene rings is 1. The Morgan fingerprint density at radius 2 is 2.00 bits per heavy atom. The molecule has 128 valence electrons. The van der Waals surface area contributed by atoms with Crippen molar-refractivity contribution in [3.63, 3.8) is 0 Å². The summed E-state index contributed by atoms with van der Waals surface area (Å²) >= 11 is 1.37. The topological polar surface area (TPSA) is 67.4 Å². The molecule has 1 aromatic heterocycles. The van der Waals surface area contributed by atoms with Gasteiger partial charge in [0, 0.05) is 4.88 Å². The van der Waals surface area contributed by atoms with Crippen molar-refractivity contribution < 1.29 is 18.7 Å². The highest BCUT2D eigenvalue weighted by Gasteiger charge is 2.18. The Kier molecular flexibility index (Phi) is 5.92. The molecule has 5 nitrogen and oxygen atoms in total. The van der Waals surface area contributed by atoms with Gasteiger partial charge in [0.05, 0.1) is 4.88 Å². The number of carbonyl (C=O) groups is 2. The van der Waals surface area contributed by atoms with Crippen LogP contribution < -0.4 is 15.6 Å². The van der Waals surface area contributed by atoms with Crippen molar-refractivity contribution in [3.05, 3.63) is 51.5 Å². The van der Waals surface area contributed by atoms with E-state index in [-0.39, 0.29) is 5.75 Å². The van der Waals surface area contributed by atoms with Crippen LogP contribution in [0.1, 0.15) is 34.0 Å². The van der Waals surface area contributed by atoms with Gasteiger partial charge < -0.3 is 4.74 Å². The minimum absolute atomic E-state index is 0.0204. The molecular weight excluding hydrogens is 331 g/mol. The zero-order chi connectivity index (χ0) is 17.7. The lowest BCUT2D eigenvalue weighted by Crippen LogP contribution is -2.47. The second-order valence-electron chi connectivity index (χ2n) is 5.18. The van der Waals surface area contributed by atoms with Gasteiger partial charge in [-0.05, 0) is 44.0 Å². The first-order chi connectivity index (χ1) is 11.4. The van der Waals surface area contributed by atoms with Crippen molar-refractivity contribution in [2.45, 2.75) is 33.3 Å². The highest BCUT2D eigenvalue weighted by molar-refractivity contribution is 7.14. The predicted molar refractivity (Wildman–Crippen MR) is 90.5 cm³/mol. The number of para-hydroxylation sites is 1. The molecule has 7 heteroatoms. The fraction of sp³-hybridized carbons (Fsp3) is 0.294. The Morgan fingerprint density at radius 1 is 1.29 bits per heavy atom. The largest absolute Gasteiger partial charge is 0.478 e. The molecule has 0 radical (unpaired) electrons. The third kappa shape index (κ3) is 4.32. The Bertz CT molecular complexity index is 745. The van der Waals surface area contributed by atoms with Gasteiger partial charge in [-0.25, -0.2) is 4.39 Å². The van der Waals surface area contributed by atoms with Gasteiger partial charge in [-0.1, -0.05) is 19.1 Å². The van der Waals surface area contributed by atoms with Crippen molar-refractivity contribution in [3.8, 4) is 5.75 Å². The summed E-state index contributed by atoms with van der Waals surface area (Å²) in [7, 11) is 0. The van der Waals surface area contributed by atoms with E-state index in [1.807, 2.05) is 13.8 Å². The Labute approximate surface area is 143 Å². The van der Waals surface area contributed by atoms with Crippen LogP contribution >= 0.6 is 11.3 Å². The first-order valence-corrected chi connectivity index (χ1v) is 8.34. The number of nitrogens with one attached hydrogen (secondary N) is 2. The lowest BCUT2D eigenvalue weighted by atomic mass is 10.2. The molecule has 1 atom stereocenters. The first-order valence-electron chi connectivity index (χ1n) is 7.53. The highest BCUT2D eigenvalue weighted by Crippen LogP contribution is 2.21. The SMILES string of the molecule is CCc1cc(C(=O)NNC(=O)[C@H](C)Oc2ccccc2F)sc1C. The number of rotatable bonds is 5. The second-order valence-corrected chi connectivity index (χ2v) is 6.44. The lowest BCUT2D eigenvalue weighted by molar-refractivity contribution is -0.128. The lowest BCUT2D eigenvalue weighted by Gasteiger charge is -2.15. The molecule has 0 unspecified atom stereocenters. The summed E-state index contributed by atoms with van der Waals surface area (Å²) in [6.07, 6.45) is -0.117. The number of hydrazine groups is 1. The van der Waals surface area contributed by atoms with Gasteiger partial charge in [0.2, 0.25) is 0 Å². The number of aryl methyl sites for hydroxylation is 2. The molecule has 0 saturated carbocycles. The monoisotopic (exact) mass is 350 g/mol. The van der Waals surface area contributed by atoms with E-state index in [0.29, 0.717) is 4.88 Å². The van der Waals surface area contributed by atoms with Crippen molar-refractivity contribution in [1.29, 1.82) is 0 Å². The van der Waals surface area contributed by atoms with Crippen molar-refractivity contribution in [2.24, 2.45) is 0 Å². The molecule has 0 aliphatic rings. The minimum atomic E-state index is -0.960. The normalized spacial score (nSPS) is 11.7. The minimum Gasteiger partial charge on any atom is -0.478 e. The zero-order valence-electron chi connectivity index (χ0n) is 13.7. The van der Waals surface area contributed by atoms with Crippen LogP contribution in [0.5, 0.6) is 5.75 Å². The fourth-order valence-corrected chi connectivity index (χ4v) is 3.06. The van der Waals surface area contributed by atoms with Gasteiger partial charge in [0.15, 0.2) is 17.7 Å². The standard InChI is InChI=1S/C17H19FN2O3S/c1-4-12-9-15(24-11(12)3)17(22)20-19-16(21)10(2)23-14-8-6-5-7-13(14)18/h5-10H,4H2,1-3H3,(H,19,21)(H,20,22)/t10-/m0/s1. The van der Waals surface area contributed by atoms with E-state index in [4.69, 9.17) is 4.74 Å². The van der Waals surface area contributed by atoms with E-state index < -0.39 is 23.7 Å². The molecule has 0 aliphatic carbocycles. The zero-order valence-corrected chi connectivity index (χ0v) is 14.5. The maximum absolute atomic E-state index is 13.5. The van der Waals surface area contributed by atoms with E-state index in [1.165, 1.54) is 36.5 Å². The molecule has 1 heterocycles. The molecule has 1 aromatic carbocycles. The smallest absolute Gasteiger partial charge is 0.279 e. The van der Waals surface area contributed by atoms with E-state index in [0.717, 1.165) is 16.9 Å². The number of ether oxygens (including phenoxy) is 1. The second kappa shape index (κ2) is 7.92. The van der Waals surface area contributed by atoms with Gasteiger partial charge in [0.25, 0.3) is 11.8 Å². The van der Waals surface area contributed by atoms with E-state index in [9.17, 15) is 14.0 Å². The summed E-state index contributed by atoms with van der Waals surface area (Å²) in [4.78, 5) is 25.6. The van der Waals surface area contributed by atoms with Crippen LogP contribution in [0.3, 0.4) is 0 Å². The summed E-state index contributed by atoms with van der Waals surface area (Å²) in [5.74, 6) is -1.54. The van der Waals surface area contributed by atoms with Crippen LogP contribution in [-0.4, -0.2) is 17.9 Å². The first kappa shape index (κ1) is 17.9. The van der Waals surface area contributed by atoms with Gasteiger partial charge in [-0.15, -0.1) is 11.3 Å². The van der Waals surface area contributed by atoms with Crippen molar-refractivity contribution >= 4 is 23.2 Å². The van der Waals surface area contributed by atoms with Crippen LogP contribution in [0.4, 0.5) is 4.39 Å². The van der Waals surface area contributed by atoms with Crippen LogP contribution in [0.25, 0.3) is 0 Å². The van der Waals surface area contributed by atoms with Crippen LogP contribution in [-0.2, 0) is 11.2 Å². The number of amides is 2. The molecular formula is C17H19FN2O3S. The van der Waals surface area contributed by atoms with Crippen LogP contribution in [0.2, 0.25) is 0 Å². The molecule has 0 fully saturated rings. The van der Waals surface area contributed by atoms with Crippen LogP contribution in [0.15, 0.2) is 30.3 Å². The van der Waals surface area contributed by atoms with E-state index >= 15 is 0 Å². The van der Waals surface area contributed by atoms with Gasteiger partial charge in [0.1, 0.15) is 0 Å². The molecule has 0 bridgehead atoms. The fourth-order valence-electron chi connectivity index (χ4n) is 2.05. The average Bonchev–Trinajstić information content (AvgIpc) is 2.95. The van der Waals surface area contributed by atoms with E-state index in [1.54, 1.807) is 12.1 Å². The highest BCUT2D eigenvalue weighted by atomic mass is 32.1. The Balaban J connectivity index is 1.89. The van der Waals surface area contributed by atoms with Gasteiger partial charge >= 0.3 is 0 Å². The molecule has 0 aliphatic heterocycles. The Hall–Kier alpha value is -2.41. The number of hydrogen-bond acceptors (Lipinski definition) is 4. The van der Waals surface area contributed by atoms with Crippen molar-refractivity contribution in [1.82, 2.24) is 10.9 Å². The third-order valence-corrected chi connectivity index (χ3v) is 4.53. The summed E-state index contributed by atoms with van der Waals surface area (Å²) in [5, 5.41) is 0. The van der Waals surface area contributed by atoms with Gasteiger partial charge in [-0.3, -0.25) is 20.4 Å². The summed E-state index contributed by atoms with van der Waals surface area (Å²) in [5.41, 5.74) is 5.74. The van der Waals surface area contributed by atoms with Crippen LogP contribution in [0, 0.1) is 12.7 Å². The molecule has 2 aromatic rings. The summed E-state index contributed by atoms with van der Waals surface area (Å²) in [6.45, 7) is 5.43. The molecule has 24 heavy (non-hydrogen) atoms. The van der Waals surface area contributed by atoms with Crippen molar-refractivity contribution in [2.75, 3.05) is 0 Å². The predicted octanol–water partition coefficient (Wildman–Crippen LogP) is 2.99. The van der Waals surface area contributed by atoms with E-state index in [2.05, 4.69) is 10.9 Å². The van der Waals surface area contributed by atoms with Gasteiger partial charge in [-0.2, -0.15) is 0 Å². The molecule has 2 N–H and O–H groups in total. The molecule has 0 spiro atoms. The number of carbonyl (C=O) groups excluding carboxylic acids is 2. The maximum Gasteiger partial charge on any atom is 0.279 e. The Morgan fingerprint density at radius 3 is 2.62 bits per heavy atom. The number of hydrogen-bond donors (Lipinski definition) is 2. The molecule has 2 rings (SSSR count). The number of halogens is 1. The average molecular weight is 350 g/mol.